The van der Waals surface area contributed by atoms with Crippen molar-refractivity contribution in [2.75, 3.05) is 6.54 Å². The number of hydrogen-bond donors (Lipinski definition) is 0. The summed E-state index contributed by atoms with van der Waals surface area (Å²) in [6, 6.07) is 2.55. The summed E-state index contributed by atoms with van der Waals surface area (Å²) in [7, 11) is 0. The summed E-state index contributed by atoms with van der Waals surface area (Å²) in [5.74, 6) is 1.88. The molecule has 0 N–H and O–H groups in total. The van der Waals surface area contributed by atoms with Gasteiger partial charge in [-0.1, -0.05) is 19.1 Å². The van der Waals surface area contributed by atoms with E-state index in [1.165, 1.54) is 16.9 Å². The maximum atomic E-state index is 13.0. The fraction of sp³-hybridized carbons (Fsp3) is 0.588. The fourth-order valence-corrected chi connectivity index (χ4v) is 5.31. The summed E-state index contributed by atoms with van der Waals surface area (Å²) in [5.41, 5.74) is 1.41. The lowest BCUT2D eigenvalue weighted by Crippen LogP contribution is -2.43. The lowest BCUT2D eigenvalue weighted by atomic mass is 9.89. The van der Waals surface area contributed by atoms with E-state index < -0.39 is 0 Å². The summed E-state index contributed by atoms with van der Waals surface area (Å²) in [4.78, 5) is 16.7. The van der Waals surface area contributed by atoms with Crippen molar-refractivity contribution in [3.8, 4) is 0 Å². The molecule has 2 nitrogen and oxygen atoms in total. The van der Waals surface area contributed by atoms with Crippen molar-refractivity contribution >= 4 is 17.2 Å². The quantitative estimate of drug-likeness (QED) is 0.758. The second-order valence-corrected chi connectivity index (χ2v) is 7.39. The van der Waals surface area contributed by atoms with Gasteiger partial charge in [0.15, 0.2) is 0 Å². The largest absolute Gasteiger partial charge is 0.335 e. The highest BCUT2D eigenvalue weighted by atomic mass is 32.1. The molecule has 4 atom stereocenters. The van der Waals surface area contributed by atoms with Crippen molar-refractivity contribution in [1.29, 1.82) is 0 Å². The predicted octanol–water partition coefficient (Wildman–Crippen LogP) is 3.80. The first-order valence-electron chi connectivity index (χ1n) is 7.83. The average molecular weight is 287 g/mol. The van der Waals surface area contributed by atoms with Gasteiger partial charge in [0, 0.05) is 17.3 Å². The normalized spacial score (nSPS) is 34.5. The molecule has 0 aromatic carbocycles. The topological polar surface area (TPSA) is 20.3 Å². The molecular weight excluding hydrogens is 266 g/mol. The van der Waals surface area contributed by atoms with Crippen LogP contribution < -0.4 is 0 Å². The number of fused-ring (bicyclic) bond motifs is 3. The Hall–Kier alpha value is -1.09. The molecule has 4 unspecified atom stereocenters. The molecule has 1 amide bonds. The van der Waals surface area contributed by atoms with Gasteiger partial charge < -0.3 is 4.90 Å². The number of rotatable bonds is 2. The summed E-state index contributed by atoms with van der Waals surface area (Å²) < 4.78 is 0. The SMILES string of the molecule is CCC1c2ccsc2CCN1C(=O)C1CC2C=CC1C2. The Morgan fingerprint density at radius 1 is 1.40 bits per heavy atom. The van der Waals surface area contributed by atoms with Crippen molar-refractivity contribution in [2.45, 2.75) is 38.6 Å². The average Bonchev–Trinajstić information content (AvgIpc) is 3.20. The molecule has 106 valence electrons. The van der Waals surface area contributed by atoms with Gasteiger partial charge in [0.1, 0.15) is 0 Å². The third-order valence-corrected chi connectivity index (χ3v) is 6.36. The minimum atomic E-state index is 0.263. The number of carbonyl (C=O) groups is 1. The predicted molar refractivity (Wildman–Crippen MR) is 81.6 cm³/mol. The van der Waals surface area contributed by atoms with Crippen LogP contribution in [0.3, 0.4) is 0 Å². The van der Waals surface area contributed by atoms with E-state index in [9.17, 15) is 4.79 Å². The Balaban J connectivity index is 1.59. The van der Waals surface area contributed by atoms with Crippen molar-refractivity contribution in [3.05, 3.63) is 34.0 Å². The molecule has 2 aliphatic carbocycles. The van der Waals surface area contributed by atoms with Crippen molar-refractivity contribution in [3.63, 3.8) is 0 Å². The summed E-state index contributed by atoms with van der Waals surface area (Å²) in [6.07, 6.45) is 8.99. The number of nitrogens with zero attached hydrogens (tertiary/aromatic N) is 1. The van der Waals surface area contributed by atoms with Crippen LogP contribution in [0.25, 0.3) is 0 Å². The number of amides is 1. The molecule has 1 saturated carbocycles. The van der Waals surface area contributed by atoms with Gasteiger partial charge >= 0.3 is 0 Å². The minimum Gasteiger partial charge on any atom is -0.335 e. The summed E-state index contributed by atoms with van der Waals surface area (Å²) in [5, 5.41) is 2.18. The molecule has 1 aromatic rings. The van der Waals surface area contributed by atoms with E-state index in [4.69, 9.17) is 0 Å². The van der Waals surface area contributed by atoms with Crippen LogP contribution in [0.15, 0.2) is 23.6 Å². The monoisotopic (exact) mass is 287 g/mol. The van der Waals surface area contributed by atoms with Gasteiger partial charge in [-0.15, -0.1) is 11.3 Å². The van der Waals surface area contributed by atoms with E-state index in [-0.39, 0.29) is 5.92 Å². The molecule has 1 aromatic heterocycles. The Morgan fingerprint density at radius 3 is 3.00 bits per heavy atom. The molecule has 20 heavy (non-hydrogen) atoms. The minimum absolute atomic E-state index is 0.263. The van der Waals surface area contributed by atoms with Crippen LogP contribution in [0.5, 0.6) is 0 Å². The van der Waals surface area contributed by atoms with E-state index >= 15 is 0 Å². The zero-order chi connectivity index (χ0) is 13.7. The zero-order valence-electron chi connectivity index (χ0n) is 11.9. The van der Waals surface area contributed by atoms with Crippen LogP contribution in [0, 0.1) is 17.8 Å². The van der Waals surface area contributed by atoms with Crippen LogP contribution in [-0.4, -0.2) is 17.4 Å². The van der Waals surface area contributed by atoms with Gasteiger partial charge in [0.2, 0.25) is 5.91 Å². The summed E-state index contributed by atoms with van der Waals surface area (Å²) in [6.45, 7) is 3.13. The Morgan fingerprint density at radius 2 is 2.30 bits per heavy atom. The second-order valence-electron chi connectivity index (χ2n) is 6.39. The smallest absolute Gasteiger partial charge is 0.226 e. The Bertz CT molecular complexity index is 561. The fourth-order valence-electron chi connectivity index (χ4n) is 4.38. The van der Waals surface area contributed by atoms with E-state index in [0.29, 0.717) is 23.8 Å². The van der Waals surface area contributed by atoms with Crippen molar-refractivity contribution in [2.24, 2.45) is 17.8 Å². The number of thiophene rings is 1. The molecule has 1 fully saturated rings. The molecule has 4 rings (SSSR count). The zero-order valence-corrected chi connectivity index (χ0v) is 12.7. The lowest BCUT2D eigenvalue weighted by molar-refractivity contribution is -0.139. The van der Waals surface area contributed by atoms with Crippen molar-refractivity contribution < 1.29 is 4.79 Å². The van der Waals surface area contributed by atoms with E-state index in [1.54, 1.807) is 0 Å². The van der Waals surface area contributed by atoms with Crippen LogP contribution >= 0.6 is 11.3 Å². The van der Waals surface area contributed by atoms with E-state index in [0.717, 1.165) is 25.8 Å². The molecule has 1 aliphatic heterocycles. The molecule has 3 aliphatic rings. The second kappa shape index (κ2) is 4.73. The first kappa shape index (κ1) is 12.6. The van der Waals surface area contributed by atoms with Gasteiger partial charge in [-0.05, 0) is 54.5 Å². The molecule has 0 saturated heterocycles. The lowest BCUT2D eigenvalue weighted by Gasteiger charge is -2.38. The molecule has 0 spiro atoms. The van der Waals surface area contributed by atoms with E-state index in [2.05, 4.69) is 35.4 Å². The third kappa shape index (κ3) is 1.79. The van der Waals surface area contributed by atoms with Crippen LogP contribution in [0.4, 0.5) is 0 Å². The van der Waals surface area contributed by atoms with Gasteiger partial charge in [-0.2, -0.15) is 0 Å². The Kier molecular flexibility index (Phi) is 2.99. The van der Waals surface area contributed by atoms with Gasteiger partial charge in [0.05, 0.1) is 6.04 Å². The molecular formula is C17H21NOS. The Labute approximate surface area is 124 Å². The maximum absolute atomic E-state index is 13.0. The first-order chi connectivity index (χ1) is 9.78. The van der Waals surface area contributed by atoms with E-state index in [1.807, 2.05) is 11.3 Å². The standard InChI is InChI=1S/C17H21NOS/c1-2-15-13-6-8-20-16(13)5-7-18(15)17(19)14-10-11-3-4-12(14)9-11/h3-4,6,8,11-12,14-15H,2,5,7,9-10H2,1H3. The molecule has 2 bridgehead atoms. The van der Waals surface area contributed by atoms with Crippen molar-refractivity contribution in [1.82, 2.24) is 4.90 Å². The highest BCUT2D eigenvalue weighted by Crippen LogP contribution is 2.46. The first-order valence-corrected chi connectivity index (χ1v) is 8.71. The third-order valence-electron chi connectivity index (χ3n) is 5.36. The summed E-state index contributed by atoms with van der Waals surface area (Å²) >= 11 is 1.85. The molecule has 0 radical (unpaired) electrons. The molecule has 3 heteroatoms. The number of allylic oxidation sites excluding steroid dienone is 2. The van der Waals surface area contributed by atoms with Gasteiger partial charge in [-0.3, -0.25) is 4.79 Å². The van der Waals surface area contributed by atoms with Gasteiger partial charge in [0.25, 0.3) is 0 Å². The maximum Gasteiger partial charge on any atom is 0.226 e. The van der Waals surface area contributed by atoms with Crippen LogP contribution in [0.2, 0.25) is 0 Å². The number of carbonyl (C=O) groups excluding carboxylic acids is 1. The van der Waals surface area contributed by atoms with Crippen LogP contribution in [-0.2, 0) is 11.2 Å². The molecule has 2 heterocycles. The highest BCUT2D eigenvalue weighted by molar-refractivity contribution is 7.10. The number of hydrogen-bond acceptors (Lipinski definition) is 2. The van der Waals surface area contributed by atoms with Gasteiger partial charge in [-0.25, -0.2) is 0 Å². The highest BCUT2D eigenvalue weighted by Gasteiger charge is 2.43. The van der Waals surface area contributed by atoms with Crippen LogP contribution in [0.1, 0.15) is 42.7 Å².